The van der Waals surface area contributed by atoms with E-state index in [0.29, 0.717) is 0 Å². The van der Waals surface area contributed by atoms with Crippen molar-refractivity contribution in [1.29, 1.82) is 0 Å². The van der Waals surface area contributed by atoms with Crippen LogP contribution in [0.1, 0.15) is 62.3 Å². The molecule has 60 heavy (non-hydrogen) atoms. The zero-order valence-corrected chi connectivity index (χ0v) is 34.5. The van der Waals surface area contributed by atoms with Gasteiger partial charge in [-0.1, -0.05) is 0 Å². The summed E-state index contributed by atoms with van der Waals surface area (Å²) >= 11 is 0. The van der Waals surface area contributed by atoms with Gasteiger partial charge in [0.05, 0.1) is 6.61 Å². The lowest BCUT2D eigenvalue weighted by atomic mass is 9.95. The Labute approximate surface area is 343 Å². The van der Waals surface area contributed by atoms with E-state index >= 15 is 0 Å². The maximum absolute atomic E-state index is 12.7. The molecule has 24 nitrogen and oxygen atoms in total. The number of carbonyl (C=O) groups is 9. The Morgan fingerprint density at radius 1 is 0.400 bits per heavy atom. The first-order valence-corrected chi connectivity index (χ1v) is 18.3. The summed E-state index contributed by atoms with van der Waals surface area (Å²) in [6, 6.07) is 0. The van der Waals surface area contributed by atoms with Crippen LogP contribution in [-0.2, 0) is 114 Å². The molecule has 0 radical (unpaired) electrons. The molecule has 24 heteroatoms. The molecule has 338 valence electrons. The lowest BCUT2D eigenvalue weighted by Gasteiger charge is -2.50. The van der Waals surface area contributed by atoms with E-state index < -0.39 is 160 Å². The van der Waals surface area contributed by atoms with Crippen molar-refractivity contribution < 1.29 is 114 Å². The van der Waals surface area contributed by atoms with Gasteiger partial charge in [0.2, 0.25) is 0 Å². The van der Waals surface area contributed by atoms with E-state index in [9.17, 15) is 43.2 Å². The zero-order valence-electron chi connectivity index (χ0n) is 34.5. The number of hydrogen-bond donors (Lipinski definition) is 0. The molecule has 14 atom stereocenters. The van der Waals surface area contributed by atoms with Crippen LogP contribution in [0.2, 0.25) is 0 Å². The zero-order chi connectivity index (χ0) is 45.0. The van der Waals surface area contributed by atoms with Gasteiger partial charge in [0.1, 0.15) is 37.6 Å². The number of ether oxygens (including phenoxy) is 15. The van der Waals surface area contributed by atoms with Crippen LogP contribution in [0.5, 0.6) is 0 Å². The van der Waals surface area contributed by atoms with Gasteiger partial charge in [0, 0.05) is 69.4 Å². The molecule has 3 heterocycles. The Hall–Kier alpha value is -5.01. The molecule has 3 rings (SSSR count). The minimum absolute atomic E-state index is 0.501. The van der Waals surface area contributed by atoms with Crippen molar-refractivity contribution in [1.82, 2.24) is 0 Å². The second kappa shape index (κ2) is 22.6. The summed E-state index contributed by atoms with van der Waals surface area (Å²) in [4.78, 5) is 111. The quantitative estimate of drug-likeness (QED) is 0.131. The van der Waals surface area contributed by atoms with Crippen molar-refractivity contribution in [2.45, 2.75) is 148 Å². The lowest BCUT2D eigenvalue weighted by molar-refractivity contribution is -0.384. The standard InChI is InChI=1S/C36H50O24/c1-14(37)47-11-24-27(52-18(5)41)30(59-36-33(56-22(9)45)29(54-20(7)43)26(51-17(4)40)25(58-36)12-48-15(2)38)32(34(46-10)57-24)60-35-31(55-21(8)44)28(53-19(6)42)23(13-49-35)50-16(3)39/h23-36H,11-13H2,1-10H3. The predicted octanol–water partition coefficient (Wildman–Crippen LogP) is -1.14. The van der Waals surface area contributed by atoms with Gasteiger partial charge in [-0.15, -0.1) is 0 Å². The van der Waals surface area contributed by atoms with Crippen molar-refractivity contribution in [3.8, 4) is 0 Å². The molecule has 0 bridgehead atoms. The largest absolute Gasteiger partial charge is 0.463 e. The van der Waals surface area contributed by atoms with Crippen LogP contribution in [0, 0.1) is 0 Å². The molecule has 0 amide bonds. The topological polar surface area (TPSA) is 292 Å². The first-order chi connectivity index (χ1) is 28.1. The smallest absolute Gasteiger partial charge is 0.303 e. The van der Waals surface area contributed by atoms with E-state index in [0.717, 1.165) is 69.4 Å². The fourth-order valence-corrected chi connectivity index (χ4v) is 6.47. The third kappa shape index (κ3) is 14.3. The van der Waals surface area contributed by atoms with Gasteiger partial charge in [0.15, 0.2) is 61.6 Å². The molecule has 0 spiro atoms. The molecule has 3 saturated heterocycles. The molecule has 3 aliphatic rings. The Balaban J connectivity index is 2.26. The Morgan fingerprint density at radius 2 is 0.767 bits per heavy atom. The summed E-state index contributed by atoms with van der Waals surface area (Å²) in [7, 11) is 1.16. The summed E-state index contributed by atoms with van der Waals surface area (Å²) in [5.41, 5.74) is 0. The van der Waals surface area contributed by atoms with Gasteiger partial charge in [-0.05, 0) is 0 Å². The molecule has 0 aromatic rings. The predicted molar refractivity (Wildman–Crippen MR) is 186 cm³/mol. The molecule has 0 N–H and O–H groups in total. The minimum atomic E-state index is -1.93. The molecule has 0 aromatic carbocycles. The van der Waals surface area contributed by atoms with Crippen molar-refractivity contribution in [2.75, 3.05) is 26.9 Å². The van der Waals surface area contributed by atoms with Crippen molar-refractivity contribution in [2.24, 2.45) is 0 Å². The van der Waals surface area contributed by atoms with Crippen LogP contribution < -0.4 is 0 Å². The van der Waals surface area contributed by atoms with E-state index in [-0.39, 0.29) is 0 Å². The van der Waals surface area contributed by atoms with Crippen molar-refractivity contribution >= 4 is 53.7 Å². The van der Waals surface area contributed by atoms with E-state index in [1.54, 1.807) is 0 Å². The van der Waals surface area contributed by atoms with Gasteiger partial charge >= 0.3 is 53.7 Å². The van der Waals surface area contributed by atoms with Gasteiger partial charge in [-0.2, -0.15) is 0 Å². The van der Waals surface area contributed by atoms with Crippen molar-refractivity contribution in [3.05, 3.63) is 0 Å². The summed E-state index contributed by atoms with van der Waals surface area (Å²) in [6.45, 7) is 7.60. The molecule has 3 aliphatic heterocycles. The maximum atomic E-state index is 12.7. The molecule has 14 unspecified atom stereocenters. The van der Waals surface area contributed by atoms with E-state index in [2.05, 4.69) is 0 Å². The van der Waals surface area contributed by atoms with Gasteiger partial charge in [0.25, 0.3) is 0 Å². The average molecular weight is 867 g/mol. The van der Waals surface area contributed by atoms with Crippen LogP contribution in [0.15, 0.2) is 0 Å². The van der Waals surface area contributed by atoms with Gasteiger partial charge < -0.3 is 71.1 Å². The van der Waals surface area contributed by atoms with Crippen LogP contribution in [0.3, 0.4) is 0 Å². The highest BCUT2D eigenvalue weighted by atomic mass is 16.8. The van der Waals surface area contributed by atoms with Crippen LogP contribution >= 0.6 is 0 Å². The van der Waals surface area contributed by atoms with Gasteiger partial charge in [-0.3, -0.25) is 43.2 Å². The second-order valence-electron chi connectivity index (χ2n) is 13.4. The number of methoxy groups -OCH3 is 1. The van der Waals surface area contributed by atoms with E-state index in [1.165, 1.54) is 0 Å². The first kappa shape index (κ1) is 49.4. The molecule has 0 aliphatic carbocycles. The van der Waals surface area contributed by atoms with Gasteiger partial charge in [-0.25, -0.2) is 0 Å². The van der Waals surface area contributed by atoms with Crippen LogP contribution in [0.4, 0.5) is 0 Å². The Bertz CT molecular complexity index is 1580. The fourth-order valence-electron chi connectivity index (χ4n) is 6.47. The third-order valence-electron chi connectivity index (χ3n) is 8.41. The summed E-state index contributed by atoms with van der Waals surface area (Å²) in [5.74, 6) is -7.95. The number of rotatable bonds is 16. The first-order valence-electron chi connectivity index (χ1n) is 18.3. The normalized spacial score (nSPS) is 32.5. The summed E-state index contributed by atoms with van der Waals surface area (Å²) < 4.78 is 85.2. The maximum Gasteiger partial charge on any atom is 0.303 e. The SMILES string of the molecule is COC1OC(COC(C)=O)C(OC(C)=O)C(OC2OC(COC(C)=O)C(OC(C)=O)C(OC(C)=O)C2OC(C)=O)C1OC1OCC(OC(C)=O)C(OC(C)=O)C1OC(C)=O. The Kier molecular flexibility index (Phi) is 18.5. The number of esters is 9. The average Bonchev–Trinajstić information content (AvgIpc) is 3.11. The number of hydrogen-bond acceptors (Lipinski definition) is 24. The van der Waals surface area contributed by atoms with E-state index in [4.69, 9.17) is 71.1 Å². The van der Waals surface area contributed by atoms with Crippen LogP contribution in [-0.4, -0.2) is 167 Å². The lowest BCUT2D eigenvalue weighted by Crippen LogP contribution is -2.68. The molecule has 3 fully saturated rings. The highest BCUT2D eigenvalue weighted by Gasteiger charge is 2.59. The molecule has 0 saturated carbocycles. The fraction of sp³-hybridized carbons (Fsp3) is 0.750. The molecule has 0 aromatic heterocycles. The molecular formula is C36H50O24. The third-order valence-corrected chi connectivity index (χ3v) is 8.41. The highest BCUT2D eigenvalue weighted by Crippen LogP contribution is 2.37. The van der Waals surface area contributed by atoms with Crippen molar-refractivity contribution in [3.63, 3.8) is 0 Å². The molecular weight excluding hydrogens is 816 g/mol. The minimum Gasteiger partial charge on any atom is -0.463 e. The number of carbonyl (C=O) groups excluding carboxylic acids is 9. The highest BCUT2D eigenvalue weighted by molar-refractivity contribution is 5.70. The monoisotopic (exact) mass is 866 g/mol. The summed E-state index contributed by atoms with van der Waals surface area (Å²) in [6.07, 6.45) is -23.0. The second-order valence-corrected chi connectivity index (χ2v) is 13.4. The van der Waals surface area contributed by atoms with E-state index in [1.807, 2.05) is 0 Å². The summed E-state index contributed by atoms with van der Waals surface area (Å²) in [5, 5.41) is 0. The van der Waals surface area contributed by atoms with Crippen LogP contribution in [0.25, 0.3) is 0 Å². The Morgan fingerprint density at radius 3 is 1.20 bits per heavy atom.